The number of imidazole rings is 1. The number of carbonyl (C=O) groups is 3. The van der Waals surface area contributed by atoms with Gasteiger partial charge in [0, 0.05) is 6.92 Å². The Balaban J connectivity index is 2.46. The summed E-state index contributed by atoms with van der Waals surface area (Å²) in [7, 11) is 0. The quantitative estimate of drug-likeness (QED) is 0.495. The van der Waals surface area contributed by atoms with Crippen molar-refractivity contribution in [2.75, 3.05) is 18.8 Å². The molecule has 0 saturated heterocycles. The number of ether oxygens (including phenoxy) is 1. The monoisotopic (exact) mass is 409 g/mol. The molecule has 0 aliphatic carbocycles. The molecule has 2 aromatic rings. The molecule has 0 aromatic carbocycles. The predicted molar refractivity (Wildman–Crippen MR) is 101 cm³/mol. The fourth-order valence-electron chi connectivity index (χ4n) is 2.51. The van der Waals surface area contributed by atoms with Crippen molar-refractivity contribution in [2.24, 2.45) is 0 Å². The van der Waals surface area contributed by atoms with E-state index in [2.05, 4.69) is 20.3 Å². The molecule has 0 radical (unpaired) electrons. The Morgan fingerprint density at radius 1 is 1.41 bits per heavy atom. The van der Waals surface area contributed by atoms with E-state index >= 15 is 0 Å². The van der Waals surface area contributed by atoms with Gasteiger partial charge >= 0.3 is 17.8 Å². The van der Waals surface area contributed by atoms with Crippen LogP contribution in [-0.4, -0.2) is 66.2 Å². The normalized spacial score (nSPS) is 12.4. The first kappa shape index (κ1) is 21.7. The molecule has 2 rings (SSSR count). The summed E-state index contributed by atoms with van der Waals surface area (Å²) < 4.78 is 6.54. The Morgan fingerprint density at radius 3 is 2.62 bits per heavy atom. The molecule has 158 valence electrons. The lowest BCUT2D eigenvalue weighted by molar-refractivity contribution is -0.144. The first-order chi connectivity index (χ1) is 13.4. The lowest BCUT2D eigenvalue weighted by Gasteiger charge is -2.28. The molecular weight excluding hydrogens is 386 g/mol. The van der Waals surface area contributed by atoms with Crippen LogP contribution in [0.3, 0.4) is 0 Å². The highest BCUT2D eigenvalue weighted by atomic mass is 16.6. The Morgan fingerprint density at radius 2 is 2.07 bits per heavy atom. The largest absolute Gasteiger partial charge is 0.480 e. The summed E-state index contributed by atoms with van der Waals surface area (Å²) in [5.41, 5.74) is 4.43. The molecule has 0 spiro atoms. The van der Waals surface area contributed by atoms with Gasteiger partial charge in [-0.1, -0.05) is 0 Å². The van der Waals surface area contributed by atoms with Crippen molar-refractivity contribution in [1.82, 2.24) is 29.7 Å². The molecule has 0 bridgehead atoms. The number of alkyl carbamates (subject to hydrolysis) is 1. The highest BCUT2D eigenvalue weighted by molar-refractivity contribution is 5.82. The number of anilines is 1. The Hall–Kier alpha value is -3.64. The van der Waals surface area contributed by atoms with Crippen LogP contribution in [-0.2, 0) is 14.3 Å². The molecule has 13 nitrogen and oxygen atoms in total. The van der Waals surface area contributed by atoms with E-state index in [9.17, 15) is 19.2 Å². The number of carbonyl (C=O) groups excluding carboxylic acids is 2. The number of rotatable bonds is 6. The van der Waals surface area contributed by atoms with Crippen LogP contribution >= 0.6 is 0 Å². The number of carboxylic acids is 1. The van der Waals surface area contributed by atoms with E-state index in [4.69, 9.17) is 15.6 Å². The summed E-state index contributed by atoms with van der Waals surface area (Å²) in [6, 6.07) is 0. The second-order valence-corrected chi connectivity index (χ2v) is 7.23. The zero-order chi connectivity index (χ0) is 21.9. The van der Waals surface area contributed by atoms with Crippen molar-refractivity contribution >= 4 is 35.0 Å². The van der Waals surface area contributed by atoms with Gasteiger partial charge < -0.3 is 20.5 Å². The molecule has 0 aliphatic rings. The molecule has 0 fully saturated rings. The van der Waals surface area contributed by atoms with Gasteiger partial charge in [0.15, 0.2) is 5.65 Å². The third-order valence-electron chi connectivity index (χ3n) is 3.66. The van der Waals surface area contributed by atoms with E-state index in [1.54, 1.807) is 20.8 Å². The van der Waals surface area contributed by atoms with Gasteiger partial charge in [-0.2, -0.15) is 4.98 Å². The van der Waals surface area contributed by atoms with Gasteiger partial charge in [0.25, 0.3) is 0 Å². The van der Waals surface area contributed by atoms with Crippen molar-refractivity contribution in [3.8, 4) is 0 Å². The van der Waals surface area contributed by atoms with E-state index in [0.29, 0.717) is 0 Å². The second kappa shape index (κ2) is 8.16. The predicted octanol–water partition coefficient (Wildman–Crippen LogP) is -0.342. The molecule has 0 saturated carbocycles. The smallest absolute Gasteiger partial charge is 0.409 e. The van der Waals surface area contributed by atoms with Gasteiger partial charge in [-0.25, -0.2) is 14.6 Å². The Labute approximate surface area is 164 Å². The van der Waals surface area contributed by atoms with E-state index in [1.807, 2.05) is 0 Å². The fourth-order valence-corrected chi connectivity index (χ4v) is 2.51. The molecular formula is C16H23N7O6. The minimum absolute atomic E-state index is 0.0243. The maximum atomic E-state index is 12.3. The average Bonchev–Trinajstić information content (AvgIpc) is 2.95. The van der Waals surface area contributed by atoms with Crippen LogP contribution in [0, 0.1) is 0 Å². The number of hydrogen-bond donors (Lipinski definition) is 4. The summed E-state index contributed by atoms with van der Waals surface area (Å²) in [5.74, 6) is -1.78. The zero-order valence-corrected chi connectivity index (χ0v) is 16.4. The second-order valence-electron chi connectivity index (χ2n) is 7.23. The van der Waals surface area contributed by atoms with Crippen LogP contribution in [0.15, 0.2) is 11.1 Å². The number of aromatic nitrogens is 4. The first-order valence-corrected chi connectivity index (χ1v) is 8.56. The topological polar surface area (TPSA) is 186 Å². The highest BCUT2D eigenvalue weighted by Crippen LogP contribution is 2.18. The minimum atomic E-state index is -1.23. The molecule has 13 heteroatoms. The molecule has 5 N–H and O–H groups in total. The fraction of sp³-hybridized carbons (Fsp3) is 0.500. The van der Waals surface area contributed by atoms with E-state index in [0.717, 1.165) is 4.90 Å². The number of aromatic amines is 1. The molecule has 2 heterocycles. The van der Waals surface area contributed by atoms with Crippen LogP contribution < -0.4 is 16.7 Å². The molecule has 2 amide bonds. The van der Waals surface area contributed by atoms with Gasteiger partial charge in [-0.05, 0) is 20.8 Å². The minimum Gasteiger partial charge on any atom is -0.480 e. The maximum absolute atomic E-state index is 12.3. The van der Waals surface area contributed by atoms with Crippen LogP contribution in [0.25, 0.3) is 11.2 Å². The molecule has 2 aromatic heterocycles. The SMILES string of the molecule is CC(=O)N(CC(=O)O)CC(NC(=O)OC(C)(C)C)n1cnc2c(N)[nH]c(=O)nc21. The lowest BCUT2D eigenvalue weighted by atomic mass is 10.2. The van der Waals surface area contributed by atoms with Crippen molar-refractivity contribution in [1.29, 1.82) is 0 Å². The zero-order valence-electron chi connectivity index (χ0n) is 16.4. The van der Waals surface area contributed by atoms with E-state index in [-0.39, 0.29) is 23.5 Å². The third-order valence-corrected chi connectivity index (χ3v) is 3.66. The van der Waals surface area contributed by atoms with Gasteiger partial charge in [-0.15, -0.1) is 0 Å². The van der Waals surface area contributed by atoms with Crippen LogP contribution in [0.4, 0.5) is 10.6 Å². The van der Waals surface area contributed by atoms with Crippen molar-refractivity contribution in [2.45, 2.75) is 39.5 Å². The highest BCUT2D eigenvalue weighted by Gasteiger charge is 2.26. The first-order valence-electron chi connectivity index (χ1n) is 8.56. The molecule has 29 heavy (non-hydrogen) atoms. The standard InChI is InChI=1S/C16H23N7O6/c1-8(24)22(6-10(25)26)5-9(19-15(28)29-16(2,3)4)23-7-18-11-12(17)20-14(27)21-13(11)23/h7,9H,5-6H2,1-4H3,(H,19,28)(H,25,26)(H3,17,20,21,27). The number of carboxylic acid groups (broad SMARTS) is 1. The number of nitrogens with two attached hydrogens (primary N) is 1. The number of hydrogen-bond acceptors (Lipinski definition) is 8. The Bertz CT molecular complexity index is 990. The number of nitrogen functional groups attached to an aromatic ring is 1. The average molecular weight is 409 g/mol. The van der Waals surface area contributed by atoms with Gasteiger partial charge in [0.1, 0.15) is 29.6 Å². The number of nitrogens with one attached hydrogen (secondary N) is 2. The van der Waals surface area contributed by atoms with Gasteiger partial charge in [0.05, 0.1) is 12.9 Å². The summed E-state index contributed by atoms with van der Waals surface area (Å²) in [4.78, 5) is 58.2. The van der Waals surface area contributed by atoms with Crippen molar-refractivity contribution in [3.63, 3.8) is 0 Å². The number of nitrogens with zero attached hydrogens (tertiary/aromatic N) is 4. The van der Waals surface area contributed by atoms with E-state index < -0.39 is 42.0 Å². The summed E-state index contributed by atoms with van der Waals surface area (Å²) in [6.45, 7) is 5.36. The molecule has 0 aliphatic heterocycles. The number of amides is 2. The maximum Gasteiger partial charge on any atom is 0.409 e. The van der Waals surface area contributed by atoms with E-state index in [1.165, 1.54) is 17.8 Å². The number of H-pyrrole nitrogens is 1. The number of aliphatic carboxylic acids is 1. The summed E-state index contributed by atoms with van der Waals surface area (Å²) >= 11 is 0. The number of fused-ring (bicyclic) bond motifs is 1. The van der Waals surface area contributed by atoms with Crippen LogP contribution in [0.1, 0.15) is 33.9 Å². The molecule has 1 unspecified atom stereocenters. The van der Waals surface area contributed by atoms with Crippen LogP contribution in [0.2, 0.25) is 0 Å². The lowest BCUT2D eigenvalue weighted by Crippen LogP contribution is -2.45. The third kappa shape index (κ3) is 5.67. The Kier molecular flexibility index (Phi) is 6.09. The summed E-state index contributed by atoms with van der Waals surface area (Å²) in [5, 5.41) is 11.6. The van der Waals surface area contributed by atoms with Crippen molar-refractivity contribution < 1.29 is 24.2 Å². The van der Waals surface area contributed by atoms with Crippen LogP contribution in [0.5, 0.6) is 0 Å². The van der Waals surface area contributed by atoms with Crippen molar-refractivity contribution in [3.05, 3.63) is 16.8 Å². The summed E-state index contributed by atoms with van der Waals surface area (Å²) in [6.07, 6.45) is -0.588. The van der Waals surface area contributed by atoms with Gasteiger partial charge in [0.2, 0.25) is 5.91 Å². The molecule has 1 atom stereocenters. The van der Waals surface area contributed by atoms with Gasteiger partial charge in [-0.3, -0.25) is 24.5 Å².